The number of nitrogens with one attached hydrogen (secondary N) is 1. The summed E-state index contributed by atoms with van der Waals surface area (Å²) in [5, 5.41) is 4.07. The number of nitrogens with zero attached hydrogens (tertiary/aromatic N) is 1. The number of halogens is 2. The van der Waals surface area contributed by atoms with Crippen molar-refractivity contribution in [2.24, 2.45) is 0 Å². The van der Waals surface area contributed by atoms with Gasteiger partial charge in [0, 0.05) is 17.3 Å². The third-order valence-electron chi connectivity index (χ3n) is 2.93. The predicted octanol–water partition coefficient (Wildman–Crippen LogP) is 3.77. The topological polar surface area (TPSA) is 24.9 Å². The Bertz CT molecular complexity index is 528. The number of hydrogen-bond donors (Lipinski definition) is 1. The molecule has 1 heterocycles. The van der Waals surface area contributed by atoms with Gasteiger partial charge >= 0.3 is 0 Å². The average molecular weight is 279 g/mol. The van der Waals surface area contributed by atoms with E-state index in [1.54, 1.807) is 6.20 Å². The van der Waals surface area contributed by atoms with Crippen LogP contribution in [0.25, 0.3) is 0 Å². The molecule has 2 aromatic rings. The van der Waals surface area contributed by atoms with Gasteiger partial charge in [-0.2, -0.15) is 0 Å². The Kier molecular flexibility index (Phi) is 4.88. The molecule has 1 aromatic heterocycles. The minimum absolute atomic E-state index is 0.0503. The third kappa shape index (κ3) is 4.01. The van der Waals surface area contributed by atoms with Gasteiger partial charge in [0.2, 0.25) is 0 Å². The molecule has 0 saturated heterocycles. The first-order valence-corrected chi connectivity index (χ1v) is 6.65. The van der Waals surface area contributed by atoms with E-state index in [1.807, 2.05) is 31.2 Å². The largest absolute Gasteiger partial charge is 0.310 e. The SMILES string of the molecule is CCNC(Cc1ccc(Cl)cc1)c1cncc(F)c1. The smallest absolute Gasteiger partial charge is 0.141 e. The molecule has 1 aromatic carbocycles. The minimum atomic E-state index is -0.309. The van der Waals surface area contributed by atoms with Gasteiger partial charge in [0.15, 0.2) is 0 Å². The molecule has 0 aliphatic rings. The van der Waals surface area contributed by atoms with Gasteiger partial charge in [0.05, 0.1) is 6.20 Å². The molecule has 0 fully saturated rings. The molecule has 0 saturated carbocycles. The van der Waals surface area contributed by atoms with E-state index in [-0.39, 0.29) is 11.9 Å². The highest BCUT2D eigenvalue weighted by Crippen LogP contribution is 2.19. The first kappa shape index (κ1) is 14.0. The van der Waals surface area contributed by atoms with E-state index in [0.29, 0.717) is 0 Å². The number of rotatable bonds is 5. The molecule has 1 atom stereocenters. The molecule has 0 radical (unpaired) electrons. The lowest BCUT2D eigenvalue weighted by molar-refractivity contribution is 0.539. The first-order chi connectivity index (χ1) is 9.19. The predicted molar refractivity (Wildman–Crippen MR) is 75.8 cm³/mol. The number of pyridine rings is 1. The van der Waals surface area contributed by atoms with Crippen LogP contribution in [0.1, 0.15) is 24.1 Å². The number of likely N-dealkylation sites (N-methyl/N-ethyl adjacent to an activating group) is 1. The molecule has 2 nitrogen and oxygen atoms in total. The van der Waals surface area contributed by atoms with Crippen LogP contribution in [0.2, 0.25) is 5.02 Å². The van der Waals surface area contributed by atoms with E-state index in [4.69, 9.17) is 11.6 Å². The van der Waals surface area contributed by atoms with Crippen molar-refractivity contribution in [2.45, 2.75) is 19.4 Å². The molecular weight excluding hydrogens is 263 g/mol. The molecular formula is C15H16ClFN2. The Balaban J connectivity index is 2.18. The lowest BCUT2D eigenvalue weighted by atomic mass is 10.00. The summed E-state index contributed by atoms with van der Waals surface area (Å²) in [5.74, 6) is -0.309. The lowest BCUT2D eigenvalue weighted by Gasteiger charge is -2.18. The van der Waals surface area contributed by atoms with Crippen LogP contribution in [0, 0.1) is 5.82 Å². The summed E-state index contributed by atoms with van der Waals surface area (Å²) in [6.45, 7) is 2.84. The summed E-state index contributed by atoms with van der Waals surface area (Å²) in [4.78, 5) is 3.91. The van der Waals surface area contributed by atoms with E-state index in [2.05, 4.69) is 10.3 Å². The highest BCUT2D eigenvalue weighted by Gasteiger charge is 2.12. The maximum absolute atomic E-state index is 13.3. The second kappa shape index (κ2) is 6.64. The van der Waals surface area contributed by atoms with Crippen LogP contribution >= 0.6 is 11.6 Å². The van der Waals surface area contributed by atoms with E-state index >= 15 is 0 Å². The van der Waals surface area contributed by atoms with Crippen LogP contribution in [0.4, 0.5) is 4.39 Å². The zero-order chi connectivity index (χ0) is 13.7. The molecule has 100 valence electrons. The molecule has 0 aliphatic heterocycles. The molecule has 19 heavy (non-hydrogen) atoms. The van der Waals surface area contributed by atoms with Gasteiger partial charge in [-0.05, 0) is 42.3 Å². The average Bonchev–Trinajstić information content (AvgIpc) is 2.41. The standard InChI is InChI=1S/C15H16ClFN2/c1-2-19-15(12-8-14(17)10-18-9-12)7-11-3-5-13(16)6-4-11/h3-6,8-10,15,19H,2,7H2,1H3. The molecule has 0 amide bonds. The van der Waals surface area contributed by atoms with Crippen molar-refractivity contribution >= 4 is 11.6 Å². The van der Waals surface area contributed by atoms with Gasteiger partial charge < -0.3 is 5.32 Å². The van der Waals surface area contributed by atoms with Crippen molar-refractivity contribution in [1.82, 2.24) is 10.3 Å². The van der Waals surface area contributed by atoms with Crippen molar-refractivity contribution in [1.29, 1.82) is 0 Å². The normalized spacial score (nSPS) is 12.4. The summed E-state index contributed by atoms with van der Waals surface area (Å²) in [6.07, 6.45) is 3.69. The van der Waals surface area contributed by atoms with Crippen LogP contribution in [0.5, 0.6) is 0 Å². The van der Waals surface area contributed by atoms with E-state index < -0.39 is 0 Å². The molecule has 0 aliphatic carbocycles. The lowest BCUT2D eigenvalue weighted by Crippen LogP contribution is -2.23. The fourth-order valence-electron chi connectivity index (χ4n) is 2.03. The van der Waals surface area contributed by atoms with Gasteiger partial charge in [-0.1, -0.05) is 30.7 Å². The van der Waals surface area contributed by atoms with Crippen LogP contribution in [0.15, 0.2) is 42.7 Å². The molecule has 1 unspecified atom stereocenters. The molecule has 0 spiro atoms. The maximum Gasteiger partial charge on any atom is 0.141 e. The van der Waals surface area contributed by atoms with Gasteiger partial charge in [0.25, 0.3) is 0 Å². The highest BCUT2D eigenvalue weighted by molar-refractivity contribution is 6.30. The maximum atomic E-state index is 13.3. The second-order valence-corrected chi connectivity index (χ2v) is 4.81. The van der Waals surface area contributed by atoms with Crippen LogP contribution in [0.3, 0.4) is 0 Å². The number of aromatic nitrogens is 1. The molecule has 4 heteroatoms. The number of hydrogen-bond acceptors (Lipinski definition) is 2. The zero-order valence-electron chi connectivity index (χ0n) is 10.7. The summed E-state index contributed by atoms with van der Waals surface area (Å²) < 4.78 is 13.3. The molecule has 2 rings (SSSR count). The van der Waals surface area contributed by atoms with Crippen LogP contribution in [-0.4, -0.2) is 11.5 Å². The van der Waals surface area contributed by atoms with Gasteiger partial charge in [-0.25, -0.2) is 4.39 Å². The van der Waals surface area contributed by atoms with Crippen molar-refractivity contribution < 1.29 is 4.39 Å². The number of benzene rings is 1. The summed E-state index contributed by atoms with van der Waals surface area (Å²) in [6, 6.07) is 9.28. The Hall–Kier alpha value is -1.45. The van der Waals surface area contributed by atoms with E-state index in [1.165, 1.54) is 12.3 Å². The second-order valence-electron chi connectivity index (χ2n) is 4.38. The van der Waals surface area contributed by atoms with Gasteiger partial charge in [-0.15, -0.1) is 0 Å². The Morgan fingerprint density at radius 3 is 2.63 bits per heavy atom. The minimum Gasteiger partial charge on any atom is -0.310 e. The quantitative estimate of drug-likeness (QED) is 0.901. The monoisotopic (exact) mass is 278 g/mol. The Labute approximate surface area is 117 Å². The fourth-order valence-corrected chi connectivity index (χ4v) is 2.16. The first-order valence-electron chi connectivity index (χ1n) is 6.27. The zero-order valence-corrected chi connectivity index (χ0v) is 11.5. The van der Waals surface area contributed by atoms with Crippen molar-refractivity contribution in [3.8, 4) is 0 Å². The molecule has 1 N–H and O–H groups in total. The van der Waals surface area contributed by atoms with Crippen molar-refractivity contribution in [3.63, 3.8) is 0 Å². The Morgan fingerprint density at radius 2 is 2.00 bits per heavy atom. The van der Waals surface area contributed by atoms with Crippen molar-refractivity contribution in [3.05, 3.63) is 64.7 Å². The summed E-state index contributed by atoms with van der Waals surface area (Å²) >= 11 is 5.87. The van der Waals surface area contributed by atoms with Crippen molar-refractivity contribution in [2.75, 3.05) is 6.54 Å². The van der Waals surface area contributed by atoms with Gasteiger partial charge in [0.1, 0.15) is 5.82 Å². The van der Waals surface area contributed by atoms with Gasteiger partial charge in [-0.3, -0.25) is 4.98 Å². The highest BCUT2D eigenvalue weighted by atomic mass is 35.5. The molecule has 0 bridgehead atoms. The van der Waals surface area contributed by atoms with Crippen LogP contribution < -0.4 is 5.32 Å². The third-order valence-corrected chi connectivity index (χ3v) is 3.18. The fraction of sp³-hybridized carbons (Fsp3) is 0.267. The van der Waals surface area contributed by atoms with E-state index in [0.717, 1.165) is 29.1 Å². The Morgan fingerprint density at radius 1 is 1.26 bits per heavy atom. The van der Waals surface area contributed by atoms with Crippen LogP contribution in [-0.2, 0) is 6.42 Å². The summed E-state index contributed by atoms with van der Waals surface area (Å²) in [5.41, 5.74) is 2.01. The summed E-state index contributed by atoms with van der Waals surface area (Å²) in [7, 11) is 0. The van der Waals surface area contributed by atoms with E-state index in [9.17, 15) is 4.39 Å².